The summed E-state index contributed by atoms with van der Waals surface area (Å²) in [5.41, 5.74) is 1.91. The largest absolute Gasteiger partial charge is 0.388 e. The van der Waals surface area contributed by atoms with Crippen molar-refractivity contribution in [1.82, 2.24) is 19.9 Å². The molecule has 112 valence electrons. The molecule has 22 heavy (non-hydrogen) atoms. The average Bonchev–Trinajstić information content (AvgIpc) is 3.01. The van der Waals surface area contributed by atoms with Crippen LogP contribution in [0.1, 0.15) is 11.7 Å². The molecule has 0 spiro atoms. The van der Waals surface area contributed by atoms with Crippen molar-refractivity contribution in [2.45, 2.75) is 11.1 Å². The Labute approximate surface area is 128 Å². The molecule has 0 bridgehead atoms. The number of benzene rings is 1. The van der Waals surface area contributed by atoms with Crippen molar-refractivity contribution in [3.05, 3.63) is 52.6 Å². The Kier molecular flexibility index (Phi) is 3.98. The van der Waals surface area contributed by atoms with Crippen LogP contribution in [0.2, 0.25) is 0 Å². The lowest BCUT2D eigenvalue weighted by Crippen LogP contribution is -2.01. The van der Waals surface area contributed by atoms with Gasteiger partial charge in [-0.2, -0.15) is 0 Å². The van der Waals surface area contributed by atoms with Gasteiger partial charge in [0.05, 0.1) is 17.4 Å². The second kappa shape index (κ2) is 6.08. The number of fused-ring (bicyclic) bond motifs is 1. The molecule has 2 N–H and O–H groups in total. The fraction of sp³-hybridized carbons (Fsp3) is 0.154. The lowest BCUT2D eigenvalue weighted by Gasteiger charge is -2.10. The van der Waals surface area contributed by atoms with Crippen molar-refractivity contribution >= 4 is 28.6 Å². The molecule has 0 saturated carbocycles. The minimum absolute atomic E-state index is 0.00132. The van der Waals surface area contributed by atoms with Crippen LogP contribution < -0.4 is 0 Å². The molecule has 0 aliphatic rings. The molecule has 3 rings (SSSR count). The van der Waals surface area contributed by atoms with E-state index in [9.17, 15) is 15.2 Å². The highest BCUT2D eigenvalue weighted by Gasteiger charge is 2.13. The maximum absolute atomic E-state index is 10.6. The highest BCUT2D eigenvalue weighted by Crippen LogP contribution is 2.27. The molecule has 2 heterocycles. The van der Waals surface area contributed by atoms with E-state index in [0.717, 1.165) is 5.52 Å². The molecular formula is C13H11N5O3S. The van der Waals surface area contributed by atoms with Crippen LogP contribution in [0, 0.1) is 10.1 Å². The van der Waals surface area contributed by atoms with E-state index in [2.05, 4.69) is 19.9 Å². The van der Waals surface area contributed by atoms with Crippen molar-refractivity contribution < 1.29 is 10.0 Å². The minimum Gasteiger partial charge on any atom is -0.388 e. The number of aliphatic hydroxyl groups is 1. The fourth-order valence-corrected chi connectivity index (χ4v) is 2.85. The van der Waals surface area contributed by atoms with Gasteiger partial charge in [0.15, 0.2) is 5.65 Å². The van der Waals surface area contributed by atoms with Crippen LogP contribution in [0.4, 0.5) is 5.69 Å². The van der Waals surface area contributed by atoms with Gasteiger partial charge in [-0.15, -0.1) is 11.8 Å². The minimum atomic E-state index is -0.751. The number of aromatic nitrogens is 4. The summed E-state index contributed by atoms with van der Waals surface area (Å²) in [7, 11) is 0. The summed E-state index contributed by atoms with van der Waals surface area (Å²) in [6.07, 6.45) is 2.21. The van der Waals surface area contributed by atoms with Crippen LogP contribution in [0.15, 0.2) is 41.9 Å². The van der Waals surface area contributed by atoms with Gasteiger partial charge >= 0.3 is 0 Å². The number of thioether (sulfide) groups is 1. The third-order valence-corrected chi connectivity index (χ3v) is 4.12. The van der Waals surface area contributed by atoms with E-state index in [0.29, 0.717) is 22.0 Å². The molecule has 0 aliphatic heterocycles. The number of nitrogens with one attached hydrogen (secondary N) is 1. The topological polar surface area (TPSA) is 118 Å². The van der Waals surface area contributed by atoms with Gasteiger partial charge < -0.3 is 10.1 Å². The maximum atomic E-state index is 10.6. The van der Waals surface area contributed by atoms with E-state index in [-0.39, 0.29) is 5.69 Å². The Morgan fingerprint density at radius 2 is 2.05 bits per heavy atom. The molecule has 2 aromatic heterocycles. The first-order valence-corrected chi connectivity index (χ1v) is 7.33. The second-order valence-corrected chi connectivity index (χ2v) is 5.46. The number of aromatic amines is 1. The zero-order valence-corrected chi connectivity index (χ0v) is 12.0. The molecule has 9 heteroatoms. The molecule has 3 aromatic rings. The number of non-ortho nitro benzene ring substituents is 1. The molecule has 0 amide bonds. The molecule has 0 radical (unpaired) electrons. The van der Waals surface area contributed by atoms with E-state index >= 15 is 0 Å². The van der Waals surface area contributed by atoms with Crippen LogP contribution in [-0.4, -0.2) is 35.7 Å². The normalized spacial score (nSPS) is 12.4. The fourth-order valence-electron chi connectivity index (χ4n) is 1.92. The van der Waals surface area contributed by atoms with E-state index in [1.807, 2.05) is 0 Å². The SMILES string of the molecule is O=[N+]([O-])c1ccc(C(O)CSc2ncnc3nc[nH]c23)cc1. The van der Waals surface area contributed by atoms with E-state index in [1.165, 1.54) is 36.5 Å². The summed E-state index contributed by atoms with van der Waals surface area (Å²) in [6, 6.07) is 5.85. The monoisotopic (exact) mass is 317 g/mol. The zero-order valence-electron chi connectivity index (χ0n) is 11.2. The first-order valence-electron chi connectivity index (χ1n) is 6.34. The van der Waals surface area contributed by atoms with Crippen molar-refractivity contribution in [3.8, 4) is 0 Å². The lowest BCUT2D eigenvalue weighted by atomic mass is 10.1. The number of hydrogen-bond acceptors (Lipinski definition) is 7. The van der Waals surface area contributed by atoms with Crippen molar-refractivity contribution in [3.63, 3.8) is 0 Å². The summed E-state index contributed by atoms with van der Waals surface area (Å²) in [6.45, 7) is 0. The Morgan fingerprint density at radius 3 is 2.77 bits per heavy atom. The van der Waals surface area contributed by atoms with Gasteiger partial charge in [-0.05, 0) is 17.7 Å². The third kappa shape index (κ3) is 2.90. The number of imidazole rings is 1. The zero-order chi connectivity index (χ0) is 15.5. The number of nitro benzene ring substituents is 1. The summed E-state index contributed by atoms with van der Waals surface area (Å²) >= 11 is 1.36. The van der Waals surface area contributed by atoms with Crippen molar-refractivity contribution in [1.29, 1.82) is 0 Å². The molecule has 1 atom stereocenters. The Bertz CT molecular complexity index is 805. The van der Waals surface area contributed by atoms with Crippen LogP contribution in [0.25, 0.3) is 11.2 Å². The maximum Gasteiger partial charge on any atom is 0.269 e. The van der Waals surface area contributed by atoms with Gasteiger partial charge in [-0.1, -0.05) is 0 Å². The first-order chi connectivity index (χ1) is 10.6. The number of rotatable bonds is 5. The first kappa shape index (κ1) is 14.4. The number of H-pyrrole nitrogens is 1. The Balaban J connectivity index is 1.70. The number of aliphatic hydroxyl groups excluding tert-OH is 1. The third-order valence-electron chi connectivity index (χ3n) is 3.05. The van der Waals surface area contributed by atoms with E-state index < -0.39 is 11.0 Å². The van der Waals surface area contributed by atoms with Crippen LogP contribution in [0.3, 0.4) is 0 Å². The van der Waals surface area contributed by atoms with Crippen LogP contribution in [0.5, 0.6) is 0 Å². The van der Waals surface area contributed by atoms with Gasteiger partial charge in [-0.25, -0.2) is 15.0 Å². The highest BCUT2D eigenvalue weighted by atomic mass is 32.2. The van der Waals surface area contributed by atoms with Crippen molar-refractivity contribution in [2.24, 2.45) is 0 Å². The number of nitro groups is 1. The van der Waals surface area contributed by atoms with E-state index in [4.69, 9.17) is 0 Å². The number of nitrogens with zero attached hydrogens (tertiary/aromatic N) is 4. The van der Waals surface area contributed by atoms with Gasteiger partial charge in [0.1, 0.15) is 16.9 Å². The molecule has 8 nitrogen and oxygen atoms in total. The molecular weight excluding hydrogens is 306 g/mol. The second-order valence-electron chi connectivity index (χ2n) is 4.46. The lowest BCUT2D eigenvalue weighted by molar-refractivity contribution is -0.384. The summed E-state index contributed by atoms with van der Waals surface area (Å²) in [5, 5.41) is 21.5. The summed E-state index contributed by atoms with van der Waals surface area (Å²) < 4.78 is 0. The highest BCUT2D eigenvalue weighted by molar-refractivity contribution is 7.99. The average molecular weight is 317 g/mol. The van der Waals surface area contributed by atoms with Gasteiger partial charge in [0, 0.05) is 17.9 Å². The molecule has 1 unspecified atom stereocenters. The Hall–Kier alpha value is -2.52. The quantitative estimate of drug-likeness (QED) is 0.320. The molecule has 1 aromatic carbocycles. The standard InChI is InChI=1S/C13H11N5O3S/c19-10(8-1-3-9(4-2-8)18(20)21)5-22-13-11-12(15-6-14-11)16-7-17-13/h1-4,6-7,10,19H,5H2,(H,14,15,16,17). The van der Waals surface area contributed by atoms with Crippen LogP contribution >= 0.6 is 11.8 Å². The predicted molar refractivity (Wildman–Crippen MR) is 80.5 cm³/mol. The van der Waals surface area contributed by atoms with Gasteiger partial charge in [-0.3, -0.25) is 10.1 Å². The van der Waals surface area contributed by atoms with E-state index in [1.54, 1.807) is 12.1 Å². The smallest absolute Gasteiger partial charge is 0.269 e. The predicted octanol–water partition coefficient (Wildman–Crippen LogP) is 2.09. The van der Waals surface area contributed by atoms with Crippen molar-refractivity contribution in [2.75, 3.05) is 5.75 Å². The number of hydrogen-bond donors (Lipinski definition) is 2. The van der Waals surface area contributed by atoms with Crippen LogP contribution in [-0.2, 0) is 0 Å². The Morgan fingerprint density at radius 1 is 1.27 bits per heavy atom. The van der Waals surface area contributed by atoms with Gasteiger partial charge in [0.25, 0.3) is 5.69 Å². The summed E-state index contributed by atoms with van der Waals surface area (Å²) in [4.78, 5) is 25.3. The molecule has 0 fully saturated rings. The summed E-state index contributed by atoms with van der Waals surface area (Å²) in [5.74, 6) is 0.364. The molecule has 0 saturated heterocycles. The van der Waals surface area contributed by atoms with Gasteiger partial charge in [0.2, 0.25) is 0 Å². The molecule has 0 aliphatic carbocycles.